The Hall–Kier alpha value is -1.20. The Morgan fingerprint density at radius 2 is 1.54 bits per heavy atom. The summed E-state index contributed by atoms with van der Waals surface area (Å²) in [4.78, 5) is 1.81. The Balaban J connectivity index is 0.000000439. The van der Waals surface area contributed by atoms with Crippen molar-refractivity contribution < 1.29 is 13.5 Å². The number of hydrogen-bond donors (Lipinski definition) is 0. The molecule has 0 fully saturated rings. The van der Waals surface area contributed by atoms with Gasteiger partial charge < -0.3 is 4.74 Å². The second kappa shape index (κ2) is 16.0. The zero-order chi connectivity index (χ0) is 19.8. The predicted molar refractivity (Wildman–Crippen MR) is 113 cm³/mol. The molecule has 0 aliphatic heterocycles. The second-order valence-electron chi connectivity index (χ2n) is 4.95. The smallest absolute Gasteiger partial charge is 0.139 e. The first kappa shape index (κ1) is 24.8. The maximum absolute atomic E-state index is 12.9. The van der Waals surface area contributed by atoms with Crippen molar-refractivity contribution in [1.82, 2.24) is 0 Å². The average Bonchev–Trinajstić information content (AvgIpc) is 2.68. The van der Waals surface area contributed by atoms with Crippen molar-refractivity contribution in [3.05, 3.63) is 54.1 Å². The standard InChI is InChI=1S/C10H14OS.C9H10F2S.C2H6/c1-3-7-12-10-6-4-5-9(8-10)11-2;1-2-5-12-9-4-3-7(10)6-8(9)11;1-2/h4-6,8H,3,7H2,1-2H3;3-4,6H,2,5H2,1H3;1-2H3. The van der Waals surface area contributed by atoms with Gasteiger partial charge in [0.2, 0.25) is 0 Å². The van der Waals surface area contributed by atoms with Gasteiger partial charge in [0.15, 0.2) is 0 Å². The molecule has 2 rings (SSSR count). The van der Waals surface area contributed by atoms with E-state index in [1.807, 2.05) is 44.7 Å². The van der Waals surface area contributed by atoms with Crippen LogP contribution in [-0.4, -0.2) is 18.6 Å². The summed E-state index contributed by atoms with van der Waals surface area (Å²) in [5.74, 6) is 1.99. The van der Waals surface area contributed by atoms with Crippen molar-refractivity contribution in [3.8, 4) is 5.75 Å². The third-order valence-electron chi connectivity index (χ3n) is 2.87. The van der Waals surface area contributed by atoms with Crippen LogP contribution in [0.2, 0.25) is 0 Å². The molecule has 0 aromatic heterocycles. The lowest BCUT2D eigenvalue weighted by atomic mass is 10.3. The Labute approximate surface area is 165 Å². The minimum atomic E-state index is -0.520. The van der Waals surface area contributed by atoms with Crippen LogP contribution in [-0.2, 0) is 0 Å². The van der Waals surface area contributed by atoms with Crippen LogP contribution < -0.4 is 4.74 Å². The summed E-state index contributed by atoms with van der Waals surface area (Å²) in [6.45, 7) is 8.21. The second-order valence-corrected chi connectivity index (χ2v) is 7.26. The van der Waals surface area contributed by atoms with E-state index in [4.69, 9.17) is 4.74 Å². The molecule has 0 N–H and O–H groups in total. The molecule has 0 aliphatic rings. The van der Waals surface area contributed by atoms with Gasteiger partial charge in [0.05, 0.1) is 7.11 Å². The van der Waals surface area contributed by atoms with E-state index in [2.05, 4.69) is 19.1 Å². The van der Waals surface area contributed by atoms with Gasteiger partial charge in [0, 0.05) is 15.9 Å². The third-order valence-corrected chi connectivity index (χ3v) is 5.32. The number of ether oxygens (including phenoxy) is 1. The molecule has 0 heterocycles. The SMILES string of the molecule is CC.CCCSc1ccc(F)cc1F.CCCSc1cccc(OC)c1. The first-order valence-corrected chi connectivity index (χ1v) is 10.9. The summed E-state index contributed by atoms with van der Waals surface area (Å²) in [6.07, 6.45) is 2.20. The normalized spacial score (nSPS) is 9.50. The molecule has 0 saturated heterocycles. The van der Waals surface area contributed by atoms with Crippen LogP contribution in [0.15, 0.2) is 52.3 Å². The van der Waals surface area contributed by atoms with Crippen LogP contribution >= 0.6 is 23.5 Å². The van der Waals surface area contributed by atoms with E-state index in [9.17, 15) is 8.78 Å². The van der Waals surface area contributed by atoms with Gasteiger partial charge in [0.25, 0.3) is 0 Å². The number of methoxy groups -OCH3 is 1. The topological polar surface area (TPSA) is 9.23 Å². The third kappa shape index (κ3) is 10.7. The molecule has 2 aromatic rings. The van der Waals surface area contributed by atoms with Gasteiger partial charge in [-0.3, -0.25) is 0 Å². The highest BCUT2D eigenvalue weighted by atomic mass is 32.2. The van der Waals surface area contributed by atoms with Gasteiger partial charge >= 0.3 is 0 Å². The largest absolute Gasteiger partial charge is 0.497 e. The maximum atomic E-state index is 12.9. The number of thioether (sulfide) groups is 2. The van der Waals surface area contributed by atoms with E-state index >= 15 is 0 Å². The van der Waals surface area contributed by atoms with Gasteiger partial charge in [-0.15, -0.1) is 23.5 Å². The van der Waals surface area contributed by atoms with Crippen LogP contribution in [0, 0.1) is 11.6 Å². The number of benzene rings is 2. The molecule has 0 atom stereocenters. The monoisotopic (exact) mass is 400 g/mol. The number of rotatable bonds is 7. The van der Waals surface area contributed by atoms with Gasteiger partial charge in [-0.2, -0.15) is 0 Å². The van der Waals surface area contributed by atoms with Crippen LogP contribution in [0.5, 0.6) is 5.75 Å². The summed E-state index contributed by atoms with van der Waals surface area (Å²) in [6, 6.07) is 11.8. The van der Waals surface area contributed by atoms with Crippen molar-refractivity contribution in [3.63, 3.8) is 0 Å². The highest BCUT2D eigenvalue weighted by Crippen LogP contribution is 2.23. The molecule has 26 heavy (non-hydrogen) atoms. The van der Waals surface area contributed by atoms with E-state index in [1.165, 1.54) is 41.0 Å². The molecule has 146 valence electrons. The quantitative estimate of drug-likeness (QED) is 0.441. The highest BCUT2D eigenvalue weighted by Gasteiger charge is 2.02. The van der Waals surface area contributed by atoms with Crippen LogP contribution in [0.1, 0.15) is 40.5 Å². The fourth-order valence-corrected chi connectivity index (χ4v) is 3.31. The molecular weight excluding hydrogens is 370 g/mol. The molecule has 0 unspecified atom stereocenters. The summed E-state index contributed by atoms with van der Waals surface area (Å²) in [5.41, 5.74) is 0. The lowest BCUT2D eigenvalue weighted by molar-refractivity contribution is 0.413. The van der Waals surface area contributed by atoms with Gasteiger partial charge in [-0.05, 0) is 54.7 Å². The summed E-state index contributed by atoms with van der Waals surface area (Å²) in [7, 11) is 1.70. The number of hydrogen-bond acceptors (Lipinski definition) is 3. The van der Waals surface area contributed by atoms with Gasteiger partial charge in [-0.1, -0.05) is 33.8 Å². The maximum Gasteiger partial charge on any atom is 0.139 e. The van der Waals surface area contributed by atoms with Gasteiger partial charge in [-0.25, -0.2) is 8.78 Å². The van der Waals surface area contributed by atoms with Crippen molar-refractivity contribution in [2.75, 3.05) is 18.6 Å². The van der Waals surface area contributed by atoms with Crippen molar-refractivity contribution in [2.45, 2.75) is 50.3 Å². The molecule has 0 spiro atoms. The van der Waals surface area contributed by atoms with E-state index in [1.54, 1.807) is 7.11 Å². The first-order chi connectivity index (χ1) is 12.6. The minimum Gasteiger partial charge on any atom is -0.497 e. The first-order valence-electron chi connectivity index (χ1n) is 8.95. The van der Waals surface area contributed by atoms with Crippen molar-refractivity contribution in [2.24, 2.45) is 0 Å². The summed E-state index contributed by atoms with van der Waals surface area (Å²) >= 11 is 3.28. The van der Waals surface area contributed by atoms with E-state index in [-0.39, 0.29) is 0 Å². The Morgan fingerprint density at radius 1 is 0.885 bits per heavy atom. The Bertz CT molecular complexity index is 606. The molecular formula is C21H30F2OS2. The zero-order valence-corrected chi connectivity index (χ0v) is 18.0. The van der Waals surface area contributed by atoms with Crippen LogP contribution in [0.4, 0.5) is 8.78 Å². The molecule has 0 aliphatic carbocycles. The zero-order valence-electron chi connectivity index (χ0n) is 16.4. The molecule has 0 amide bonds. The van der Waals surface area contributed by atoms with E-state index in [0.29, 0.717) is 4.90 Å². The molecule has 5 heteroatoms. The predicted octanol–water partition coefficient (Wildman–Crippen LogP) is 7.69. The molecule has 0 bridgehead atoms. The molecule has 0 saturated carbocycles. The van der Waals surface area contributed by atoms with E-state index < -0.39 is 11.6 Å². The lowest BCUT2D eigenvalue weighted by Gasteiger charge is -2.02. The van der Waals surface area contributed by atoms with Crippen molar-refractivity contribution in [1.29, 1.82) is 0 Å². The van der Waals surface area contributed by atoms with Crippen LogP contribution in [0.25, 0.3) is 0 Å². The fraction of sp³-hybridized carbons (Fsp3) is 0.429. The minimum absolute atomic E-state index is 0.464. The van der Waals surface area contributed by atoms with Crippen LogP contribution in [0.3, 0.4) is 0 Å². The highest BCUT2D eigenvalue weighted by molar-refractivity contribution is 7.99. The van der Waals surface area contributed by atoms with E-state index in [0.717, 1.165) is 24.0 Å². The Kier molecular flexibility index (Phi) is 15.3. The molecule has 1 nitrogen and oxygen atoms in total. The summed E-state index contributed by atoms with van der Waals surface area (Å²) in [5, 5.41) is 0. The lowest BCUT2D eigenvalue weighted by Crippen LogP contribution is -1.84. The number of halogens is 2. The molecule has 2 aromatic carbocycles. The average molecular weight is 401 g/mol. The van der Waals surface area contributed by atoms with Gasteiger partial charge in [0.1, 0.15) is 17.4 Å². The summed E-state index contributed by atoms with van der Waals surface area (Å²) < 4.78 is 30.5. The fourth-order valence-electron chi connectivity index (χ4n) is 1.72. The van der Waals surface area contributed by atoms with Crippen molar-refractivity contribution >= 4 is 23.5 Å². The molecule has 0 radical (unpaired) electrons. The Morgan fingerprint density at radius 3 is 2.12 bits per heavy atom.